The zero-order valence-electron chi connectivity index (χ0n) is 10.8. The summed E-state index contributed by atoms with van der Waals surface area (Å²) >= 11 is 1.64. The normalized spacial score (nSPS) is 12.6. The SMILES string of the molecule is CCCc1nnc(NCC(CCC)CCO)s1. The van der Waals surface area contributed by atoms with Crippen molar-refractivity contribution in [1.82, 2.24) is 10.2 Å². The number of nitrogens with one attached hydrogen (secondary N) is 1. The molecule has 0 amide bonds. The Bertz CT molecular complexity index is 298. The van der Waals surface area contributed by atoms with Crippen LogP contribution in [-0.2, 0) is 6.42 Å². The maximum absolute atomic E-state index is 8.98. The van der Waals surface area contributed by atoms with Gasteiger partial charge in [0.15, 0.2) is 0 Å². The van der Waals surface area contributed by atoms with E-state index in [2.05, 4.69) is 29.4 Å². The molecule has 0 bridgehead atoms. The van der Waals surface area contributed by atoms with Gasteiger partial charge in [0.05, 0.1) is 0 Å². The highest BCUT2D eigenvalue weighted by atomic mass is 32.1. The van der Waals surface area contributed by atoms with Gasteiger partial charge in [0.25, 0.3) is 0 Å². The van der Waals surface area contributed by atoms with Gasteiger partial charge in [-0.3, -0.25) is 0 Å². The Kier molecular flexibility index (Phi) is 7.12. The minimum atomic E-state index is 0.267. The lowest BCUT2D eigenvalue weighted by atomic mass is 10.0. The molecule has 98 valence electrons. The van der Waals surface area contributed by atoms with Gasteiger partial charge >= 0.3 is 0 Å². The van der Waals surface area contributed by atoms with Crippen molar-refractivity contribution in [2.24, 2.45) is 5.92 Å². The summed E-state index contributed by atoms with van der Waals surface area (Å²) in [4.78, 5) is 0. The molecular formula is C12H23N3OS. The molecule has 0 aliphatic carbocycles. The van der Waals surface area contributed by atoms with Crippen molar-refractivity contribution in [2.75, 3.05) is 18.5 Å². The van der Waals surface area contributed by atoms with Crippen LogP contribution in [0.5, 0.6) is 0 Å². The van der Waals surface area contributed by atoms with Crippen LogP contribution >= 0.6 is 11.3 Å². The second-order valence-electron chi connectivity index (χ2n) is 4.30. The average Bonchev–Trinajstić information content (AvgIpc) is 2.75. The van der Waals surface area contributed by atoms with E-state index in [9.17, 15) is 0 Å². The number of aryl methyl sites for hydroxylation is 1. The molecule has 0 aliphatic heterocycles. The Morgan fingerprint density at radius 2 is 2.06 bits per heavy atom. The lowest BCUT2D eigenvalue weighted by Crippen LogP contribution is -2.15. The van der Waals surface area contributed by atoms with Crippen LogP contribution in [0.2, 0.25) is 0 Å². The average molecular weight is 257 g/mol. The van der Waals surface area contributed by atoms with Gasteiger partial charge in [-0.2, -0.15) is 0 Å². The molecule has 5 heteroatoms. The van der Waals surface area contributed by atoms with Gasteiger partial charge in [-0.05, 0) is 25.2 Å². The predicted molar refractivity (Wildman–Crippen MR) is 72.5 cm³/mol. The van der Waals surface area contributed by atoms with E-state index < -0.39 is 0 Å². The second-order valence-corrected chi connectivity index (χ2v) is 5.36. The third-order valence-electron chi connectivity index (χ3n) is 2.71. The molecule has 4 nitrogen and oxygen atoms in total. The van der Waals surface area contributed by atoms with Crippen LogP contribution in [0.4, 0.5) is 5.13 Å². The quantitative estimate of drug-likeness (QED) is 0.714. The fraction of sp³-hybridized carbons (Fsp3) is 0.833. The van der Waals surface area contributed by atoms with E-state index in [0.29, 0.717) is 5.92 Å². The standard InChI is InChI=1S/C12H23N3OS/c1-3-5-10(7-8-16)9-13-12-15-14-11(17-12)6-4-2/h10,16H,3-9H2,1-2H3,(H,13,15). The molecule has 1 unspecified atom stereocenters. The van der Waals surface area contributed by atoms with Crippen molar-refractivity contribution in [1.29, 1.82) is 0 Å². The number of aliphatic hydroxyl groups is 1. The van der Waals surface area contributed by atoms with E-state index in [0.717, 1.165) is 48.8 Å². The smallest absolute Gasteiger partial charge is 0.205 e. The molecule has 1 atom stereocenters. The predicted octanol–water partition coefficient (Wildman–Crippen LogP) is 2.70. The summed E-state index contributed by atoms with van der Waals surface area (Å²) < 4.78 is 0. The summed E-state index contributed by atoms with van der Waals surface area (Å²) in [5.74, 6) is 0.531. The van der Waals surface area contributed by atoms with Crippen molar-refractivity contribution < 1.29 is 5.11 Å². The fourth-order valence-electron chi connectivity index (χ4n) is 1.81. The summed E-state index contributed by atoms with van der Waals surface area (Å²) in [6, 6.07) is 0. The second kappa shape index (κ2) is 8.42. The summed E-state index contributed by atoms with van der Waals surface area (Å²) in [5.41, 5.74) is 0. The number of hydrogen-bond donors (Lipinski definition) is 2. The Hall–Kier alpha value is -0.680. The van der Waals surface area contributed by atoms with Gasteiger partial charge in [0, 0.05) is 19.6 Å². The van der Waals surface area contributed by atoms with Crippen LogP contribution in [0, 0.1) is 5.92 Å². The molecule has 1 heterocycles. The molecule has 0 radical (unpaired) electrons. The zero-order valence-corrected chi connectivity index (χ0v) is 11.6. The van der Waals surface area contributed by atoms with Gasteiger partial charge in [0.1, 0.15) is 5.01 Å². The minimum Gasteiger partial charge on any atom is -0.396 e. The van der Waals surface area contributed by atoms with E-state index in [-0.39, 0.29) is 6.61 Å². The van der Waals surface area contributed by atoms with Crippen molar-refractivity contribution in [2.45, 2.75) is 46.0 Å². The van der Waals surface area contributed by atoms with Crippen LogP contribution in [-0.4, -0.2) is 28.5 Å². The maximum Gasteiger partial charge on any atom is 0.205 e. The molecule has 0 aliphatic rings. The van der Waals surface area contributed by atoms with Gasteiger partial charge in [-0.1, -0.05) is 31.6 Å². The summed E-state index contributed by atoms with van der Waals surface area (Å²) in [6.07, 6.45) is 5.28. The number of aromatic nitrogens is 2. The molecule has 0 saturated carbocycles. The van der Waals surface area contributed by atoms with E-state index in [1.165, 1.54) is 0 Å². The third-order valence-corrected chi connectivity index (χ3v) is 3.65. The Labute approximate surface area is 107 Å². The molecule has 0 fully saturated rings. The fourth-order valence-corrected chi connectivity index (χ4v) is 2.66. The van der Waals surface area contributed by atoms with Crippen molar-refractivity contribution in [3.8, 4) is 0 Å². The van der Waals surface area contributed by atoms with E-state index >= 15 is 0 Å². The van der Waals surface area contributed by atoms with Gasteiger partial charge < -0.3 is 10.4 Å². The topological polar surface area (TPSA) is 58.0 Å². The molecular weight excluding hydrogens is 234 g/mol. The first-order valence-corrected chi connectivity index (χ1v) is 7.28. The minimum absolute atomic E-state index is 0.267. The number of aliphatic hydroxyl groups excluding tert-OH is 1. The number of anilines is 1. The molecule has 17 heavy (non-hydrogen) atoms. The molecule has 1 rings (SSSR count). The monoisotopic (exact) mass is 257 g/mol. The lowest BCUT2D eigenvalue weighted by Gasteiger charge is -2.14. The third kappa shape index (κ3) is 5.46. The Balaban J connectivity index is 2.35. The van der Waals surface area contributed by atoms with Gasteiger partial charge in [0.2, 0.25) is 5.13 Å². The number of hydrogen-bond acceptors (Lipinski definition) is 5. The Morgan fingerprint density at radius 1 is 1.24 bits per heavy atom. The molecule has 0 spiro atoms. The van der Waals surface area contributed by atoms with Crippen LogP contribution in [0.15, 0.2) is 0 Å². The van der Waals surface area contributed by atoms with E-state index in [1.54, 1.807) is 11.3 Å². The van der Waals surface area contributed by atoms with Crippen LogP contribution in [0.1, 0.15) is 44.5 Å². The highest BCUT2D eigenvalue weighted by molar-refractivity contribution is 7.15. The van der Waals surface area contributed by atoms with Gasteiger partial charge in [-0.25, -0.2) is 0 Å². The van der Waals surface area contributed by atoms with Crippen LogP contribution in [0.25, 0.3) is 0 Å². The highest BCUT2D eigenvalue weighted by Crippen LogP contribution is 2.18. The number of rotatable bonds is 9. The van der Waals surface area contributed by atoms with Crippen LogP contribution in [0.3, 0.4) is 0 Å². The first-order chi connectivity index (χ1) is 8.30. The highest BCUT2D eigenvalue weighted by Gasteiger charge is 2.09. The summed E-state index contributed by atoms with van der Waals surface area (Å²) in [5, 5.41) is 22.6. The maximum atomic E-state index is 8.98. The molecule has 0 aromatic carbocycles. The van der Waals surface area contributed by atoms with Crippen LogP contribution < -0.4 is 5.32 Å². The first kappa shape index (κ1) is 14.4. The lowest BCUT2D eigenvalue weighted by molar-refractivity contribution is 0.255. The summed E-state index contributed by atoms with van der Waals surface area (Å²) in [6.45, 7) is 5.47. The van der Waals surface area contributed by atoms with E-state index in [4.69, 9.17) is 5.11 Å². The van der Waals surface area contributed by atoms with Crippen molar-refractivity contribution in [3.63, 3.8) is 0 Å². The molecule has 1 aromatic heterocycles. The Morgan fingerprint density at radius 3 is 2.71 bits per heavy atom. The largest absolute Gasteiger partial charge is 0.396 e. The summed E-state index contributed by atoms with van der Waals surface area (Å²) in [7, 11) is 0. The number of nitrogens with zero attached hydrogens (tertiary/aromatic N) is 2. The molecule has 0 saturated heterocycles. The van der Waals surface area contributed by atoms with Crippen molar-refractivity contribution >= 4 is 16.5 Å². The van der Waals surface area contributed by atoms with E-state index in [1.807, 2.05) is 0 Å². The molecule has 2 N–H and O–H groups in total. The molecule has 1 aromatic rings. The zero-order chi connectivity index (χ0) is 12.5. The van der Waals surface area contributed by atoms with Crippen molar-refractivity contribution in [3.05, 3.63) is 5.01 Å². The van der Waals surface area contributed by atoms with Gasteiger partial charge in [-0.15, -0.1) is 10.2 Å². The first-order valence-electron chi connectivity index (χ1n) is 6.47.